The van der Waals surface area contributed by atoms with Gasteiger partial charge in [-0.15, -0.1) is 0 Å². The average molecular weight is 439 g/mol. The average Bonchev–Trinajstić information content (AvgIpc) is 2.59. The molecule has 1 saturated carbocycles. The Bertz CT molecular complexity index is 723. The van der Waals surface area contributed by atoms with Gasteiger partial charge in [-0.25, -0.2) is 8.42 Å². The van der Waals surface area contributed by atoms with Gasteiger partial charge in [-0.3, -0.25) is 9.10 Å². The van der Waals surface area contributed by atoms with Crippen LogP contribution in [0.4, 0.5) is 5.69 Å². The van der Waals surface area contributed by atoms with Crippen LogP contribution in [0.3, 0.4) is 0 Å². The molecule has 0 spiro atoms. The lowest BCUT2D eigenvalue weighted by atomic mass is 10.0. The number of amides is 1. The maximum atomic E-state index is 12.2. The fourth-order valence-electron chi connectivity index (χ4n) is 2.90. The van der Waals surface area contributed by atoms with E-state index in [1.54, 1.807) is 12.1 Å². The van der Waals surface area contributed by atoms with Gasteiger partial charge < -0.3 is 5.32 Å². The molecule has 0 atom stereocenters. The number of thioether (sulfide) groups is 1. The second kappa shape index (κ2) is 10.1. The molecule has 0 bridgehead atoms. The van der Waals surface area contributed by atoms with Crippen LogP contribution in [0.2, 0.25) is 10.0 Å². The Balaban J connectivity index is 1.89. The number of halogens is 2. The van der Waals surface area contributed by atoms with E-state index in [4.69, 9.17) is 23.2 Å². The third-order valence-electron chi connectivity index (χ3n) is 4.22. The Labute approximate surface area is 169 Å². The van der Waals surface area contributed by atoms with Gasteiger partial charge in [0.05, 0.1) is 22.0 Å². The van der Waals surface area contributed by atoms with Gasteiger partial charge in [-0.2, -0.15) is 11.8 Å². The van der Waals surface area contributed by atoms with Gasteiger partial charge in [0.2, 0.25) is 15.9 Å². The first kappa shape index (κ1) is 21.7. The maximum Gasteiger partial charge on any atom is 0.240 e. The molecular formula is C17H24Cl2N2O3S2. The Morgan fingerprint density at radius 3 is 2.62 bits per heavy atom. The van der Waals surface area contributed by atoms with Crippen LogP contribution in [0, 0.1) is 0 Å². The molecule has 1 amide bonds. The molecule has 1 aromatic carbocycles. The zero-order valence-corrected chi connectivity index (χ0v) is 17.9. The third-order valence-corrected chi connectivity index (χ3v) is 7.54. The van der Waals surface area contributed by atoms with E-state index in [2.05, 4.69) is 5.32 Å². The molecule has 9 heteroatoms. The minimum Gasteiger partial charge on any atom is -0.354 e. The fourth-order valence-corrected chi connectivity index (χ4v) is 5.43. The number of anilines is 1. The van der Waals surface area contributed by atoms with Crippen molar-refractivity contribution in [2.45, 2.75) is 37.4 Å². The predicted octanol–water partition coefficient (Wildman–Crippen LogP) is 3.94. The number of benzene rings is 1. The zero-order valence-electron chi connectivity index (χ0n) is 14.7. The molecule has 2 rings (SSSR count). The summed E-state index contributed by atoms with van der Waals surface area (Å²) in [5.74, 6) is 0.462. The van der Waals surface area contributed by atoms with E-state index < -0.39 is 10.0 Å². The molecule has 0 saturated heterocycles. The van der Waals surface area contributed by atoms with Crippen LogP contribution in [0.15, 0.2) is 18.2 Å². The first-order valence-electron chi connectivity index (χ1n) is 8.59. The molecule has 0 radical (unpaired) electrons. The fraction of sp³-hybridized carbons (Fsp3) is 0.588. The number of hydrogen-bond acceptors (Lipinski definition) is 4. The van der Waals surface area contributed by atoms with Crippen LogP contribution in [0.25, 0.3) is 0 Å². The van der Waals surface area contributed by atoms with Crippen molar-refractivity contribution in [3.05, 3.63) is 28.2 Å². The van der Waals surface area contributed by atoms with Crippen LogP contribution < -0.4 is 9.62 Å². The molecule has 0 aromatic heterocycles. The first-order valence-corrected chi connectivity index (χ1v) is 12.2. The molecule has 1 aromatic rings. The number of nitrogens with one attached hydrogen (secondary N) is 1. The lowest BCUT2D eigenvalue weighted by Gasteiger charge is -2.23. The summed E-state index contributed by atoms with van der Waals surface area (Å²) in [4.78, 5) is 12.2. The predicted molar refractivity (Wildman–Crippen MR) is 111 cm³/mol. The summed E-state index contributed by atoms with van der Waals surface area (Å²) in [5, 5.41) is 3.82. The second-order valence-electron chi connectivity index (χ2n) is 6.32. The van der Waals surface area contributed by atoms with Crippen LogP contribution in [-0.2, 0) is 14.8 Å². The molecule has 146 valence electrons. The van der Waals surface area contributed by atoms with Crippen molar-refractivity contribution in [1.82, 2.24) is 5.32 Å². The van der Waals surface area contributed by atoms with E-state index in [-0.39, 0.29) is 28.2 Å². The van der Waals surface area contributed by atoms with Gasteiger partial charge >= 0.3 is 0 Å². The molecule has 1 aliphatic rings. The van der Waals surface area contributed by atoms with E-state index in [1.807, 2.05) is 11.8 Å². The SMILES string of the molecule is CS(=O)(=O)N(CC(=O)NCCSC1CCCCC1)c1cccc(Cl)c1Cl. The lowest BCUT2D eigenvalue weighted by molar-refractivity contribution is -0.119. The van der Waals surface area contributed by atoms with Crippen molar-refractivity contribution >= 4 is 56.6 Å². The zero-order chi connectivity index (χ0) is 19.2. The highest BCUT2D eigenvalue weighted by Crippen LogP contribution is 2.33. The normalized spacial score (nSPS) is 15.7. The molecule has 1 N–H and O–H groups in total. The summed E-state index contributed by atoms with van der Waals surface area (Å²) in [7, 11) is -3.68. The summed E-state index contributed by atoms with van der Waals surface area (Å²) in [5.41, 5.74) is 0.202. The van der Waals surface area contributed by atoms with Crippen molar-refractivity contribution < 1.29 is 13.2 Å². The number of carbonyl (C=O) groups is 1. The second-order valence-corrected chi connectivity index (χ2v) is 10.4. The van der Waals surface area contributed by atoms with E-state index in [0.29, 0.717) is 11.8 Å². The number of hydrogen-bond donors (Lipinski definition) is 1. The van der Waals surface area contributed by atoms with Crippen LogP contribution in [0.5, 0.6) is 0 Å². The number of carbonyl (C=O) groups excluding carboxylic acids is 1. The molecule has 1 fully saturated rings. The maximum absolute atomic E-state index is 12.2. The highest BCUT2D eigenvalue weighted by atomic mass is 35.5. The Morgan fingerprint density at radius 1 is 1.27 bits per heavy atom. The Morgan fingerprint density at radius 2 is 1.96 bits per heavy atom. The van der Waals surface area contributed by atoms with Gasteiger partial charge in [-0.05, 0) is 25.0 Å². The van der Waals surface area contributed by atoms with Crippen molar-refractivity contribution in [2.75, 3.05) is 29.4 Å². The number of sulfonamides is 1. The molecule has 0 aliphatic heterocycles. The van der Waals surface area contributed by atoms with Crippen molar-refractivity contribution in [2.24, 2.45) is 0 Å². The highest BCUT2D eigenvalue weighted by Gasteiger charge is 2.23. The molecular weight excluding hydrogens is 415 g/mol. The largest absolute Gasteiger partial charge is 0.354 e. The van der Waals surface area contributed by atoms with Crippen LogP contribution >= 0.6 is 35.0 Å². The van der Waals surface area contributed by atoms with E-state index in [1.165, 1.54) is 38.2 Å². The first-order chi connectivity index (χ1) is 12.3. The monoisotopic (exact) mass is 438 g/mol. The van der Waals surface area contributed by atoms with Gasteiger partial charge in [-0.1, -0.05) is 48.5 Å². The summed E-state index contributed by atoms with van der Waals surface area (Å²) >= 11 is 14.0. The summed E-state index contributed by atoms with van der Waals surface area (Å²) in [6.45, 7) is 0.188. The smallest absolute Gasteiger partial charge is 0.240 e. The number of nitrogens with zero attached hydrogens (tertiary/aromatic N) is 1. The summed E-state index contributed by atoms with van der Waals surface area (Å²) in [6, 6.07) is 4.69. The molecule has 26 heavy (non-hydrogen) atoms. The van der Waals surface area contributed by atoms with E-state index >= 15 is 0 Å². The van der Waals surface area contributed by atoms with Gasteiger partial charge in [0.25, 0.3) is 0 Å². The summed E-state index contributed by atoms with van der Waals surface area (Å²) in [6.07, 6.45) is 7.42. The number of rotatable bonds is 8. The topological polar surface area (TPSA) is 66.5 Å². The Kier molecular flexibility index (Phi) is 8.39. The molecule has 0 heterocycles. The van der Waals surface area contributed by atoms with Crippen molar-refractivity contribution in [3.63, 3.8) is 0 Å². The quantitative estimate of drug-likeness (QED) is 0.623. The minimum atomic E-state index is -3.68. The van der Waals surface area contributed by atoms with Gasteiger partial charge in [0.15, 0.2) is 0 Å². The Hall–Kier alpha value is -0.630. The molecule has 0 unspecified atom stereocenters. The minimum absolute atomic E-state index is 0.111. The van der Waals surface area contributed by atoms with Crippen molar-refractivity contribution in [1.29, 1.82) is 0 Å². The third kappa shape index (κ3) is 6.51. The molecule has 1 aliphatic carbocycles. The highest BCUT2D eigenvalue weighted by molar-refractivity contribution is 7.99. The standard InChI is InChI=1S/C17H24Cl2N2O3S2/c1-26(23,24)21(15-9-5-8-14(18)17(15)19)12-16(22)20-10-11-25-13-6-3-2-4-7-13/h5,8-9,13H,2-4,6-7,10-12H2,1H3,(H,20,22). The van der Waals surface area contributed by atoms with Crippen LogP contribution in [0.1, 0.15) is 32.1 Å². The van der Waals surface area contributed by atoms with Crippen LogP contribution in [-0.4, -0.2) is 44.7 Å². The van der Waals surface area contributed by atoms with Crippen molar-refractivity contribution in [3.8, 4) is 0 Å². The molecule has 5 nitrogen and oxygen atoms in total. The van der Waals surface area contributed by atoms with Gasteiger partial charge in [0.1, 0.15) is 6.54 Å². The van der Waals surface area contributed by atoms with E-state index in [0.717, 1.165) is 16.3 Å². The van der Waals surface area contributed by atoms with E-state index in [9.17, 15) is 13.2 Å². The summed E-state index contributed by atoms with van der Waals surface area (Å²) < 4.78 is 25.2. The van der Waals surface area contributed by atoms with Gasteiger partial charge in [0, 0.05) is 17.5 Å². The lowest BCUT2D eigenvalue weighted by Crippen LogP contribution is -2.41.